The number of amides is 1. The van der Waals surface area contributed by atoms with Crippen LogP contribution in [0.25, 0.3) is 0 Å². The van der Waals surface area contributed by atoms with Crippen LogP contribution in [-0.4, -0.2) is 55.0 Å². The van der Waals surface area contributed by atoms with E-state index < -0.39 is 0 Å². The number of carbonyl (C=O) groups is 2. The number of nitrogens with one attached hydrogen (secondary N) is 1. The molecule has 1 aromatic carbocycles. The summed E-state index contributed by atoms with van der Waals surface area (Å²) < 4.78 is 5.73. The molecule has 5 heteroatoms. The largest absolute Gasteiger partial charge is 0.373 e. The molecule has 0 spiro atoms. The Morgan fingerprint density at radius 3 is 2.38 bits per heavy atom. The van der Waals surface area contributed by atoms with Gasteiger partial charge >= 0.3 is 0 Å². The molecule has 0 radical (unpaired) electrons. The molecule has 0 unspecified atom stereocenters. The first-order valence-electron chi connectivity index (χ1n) is 8.73. The second-order valence-electron chi connectivity index (χ2n) is 6.58. The van der Waals surface area contributed by atoms with Crippen molar-refractivity contribution in [3.63, 3.8) is 0 Å². The van der Waals surface area contributed by atoms with Crippen molar-refractivity contribution in [2.45, 2.75) is 45.8 Å². The summed E-state index contributed by atoms with van der Waals surface area (Å²) >= 11 is 0. The maximum absolute atomic E-state index is 12.2. The Kier molecular flexibility index (Phi) is 6.94. The summed E-state index contributed by atoms with van der Waals surface area (Å²) in [5.74, 6) is -0.259. The lowest BCUT2D eigenvalue weighted by Crippen LogP contribution is -2.45. The fourth-order valence-corrected chi connectivity index (χ4v) is 3.21. The van der Waals surface area contributed by atoms with Crippen LogP contribution in [0.5, 0.6) is 0 Å². The molecule has 5 nitrogen and oxygen atoms in total. The second kappa shape index (κ2) is 8.94. The lowest BCUT2D eigenvalue weighted by atomic mass is 10.0. The van der Waals surface area contributed by atoms with Gasteiger partial charge in [-0.15, -0.1) is 0 Å². The maximum atomic E-state index is 12.2. The van der Waals surface area contributed by atoms with Crippen LogP contribution in [0.15, 0.2) is 24.3 Å². The first-order valence-corrected chi connectivity index (χ1v) is 8.73. The Morgan fingerprint density at radius 2 is 1.75 bits per heavy atom. The molecular formula is C19H28N2O3. The third-order valence-electron chi connectivity index (χ3n) is 4.23. The Balaban J connectivity index is 1.71. The monoisotopic (exact) mass is 332 g/mol. The predicted molar refractivity (Wildman–Crippen MR) is 94.5 cm³/mol. The molecule has 2 rings (SSSR count). The highest BCUT2D eigenvalue weighted by Crippen LogP contribution is 2.12. The van der Waals surface area contributed by atoms with Gasteiger partial charge in [-0.2, -0.15) is 0 Å². The normalized spacial score (nSPS) is 21.5. The zero-order valence-corrected chi connectivity index (χ0v) is 14.9. The molecule has 2 atom stereocenters. The van der Waals surface area contributed by atoms with Gasteiger partial charge in [-0.3, -0.25) is 14.5 Å². The number of rotatable bonds is 7. The molecule has 1 aliphatic rings. The van der Waals surface area contributed by atoms with Crippen molar-refractivity contribution in [1.82, 2.24) is 10.2 Å². The molecule has 24 heavy (non-hydrogen) atoms. The summed E-state index contributed by atoms with van der Waals surface area (Å²) in [5, 5.41) is 2.92. The van der Waals surface area contributed by atoms with Crippen molar-refractivity contribution in [3.05, 3.63) is 35.4 Å². The van der Waals surface area contributed by atoms with E-state index in [0.29, 0.717) is 17.7 Å². The van der Waals surface area contributed by atoms with Crippen LogP contribution in [0.3, 0.4) is 0 Å². The Hall–Kier alpha value is -1.72. The van der Waals surface area contributed by atoms with E-state index in [2.05, 4.69) is 24.1 Å². The van der Waals surface area contributed by atoms with E-state index in [1.165, 1.54) is 6.92 Å². The van der Waals surface area contributed by atoms with Crippen LogP contribution < -0.4 is 5.32 Å². The van der Waals surface area contributed by atoms with Crippen molar-refractivity contribution in [3.8, 4) is 0 Å². The van der Waals surface area contributed by atoms with Gasteiger partial charge in [-0.05, 0) is 46.2 Å². The van der Waals surface area contributed by atoms with Gasteiger partial charge in [0, 0.05) is 25.2 Å². The van der Waals surface area contributed by atoms with Crippen LogP contribution in [0, 0.1) is 0 Å². The minimum absolute atomic E-state index is 0.0868. The van der Waals surface area contributed by atoms with E-state index in [0.717, 1.165) is 32.5 Å². The summed E-state index contributed by atoms with van der Waals surface area (Å²) in [6.45, 7) is 9.30. The quantitative estimate of drug-likeness (QED) is 0.616. The number of hydrogen-bond acceptors (Lipinski definition) is 4. The fraction of sp³-hybridized carbons (Fsp3) is 0.579. The zero-order valence-electron chi connectivity index (χ0n) is 14.9. The van der Waals surface area contributed by atoms with Crippen LogP contribution in [0.2, 0.25) is 0 Å². The molecule has 0 aromatic heterocycles. The van der Waals surface area contributed by atoms with Crippen LogP contribution in [0.4, 0.5) is 0 Å². The van der Waals surface area contributed by atoms with Crippen molar-refractivity contribution in [1.29, 1.82) is 0 Å². The molecule has 1 amide bonds. The first kappa shape index (κ1) is 18.6. The summed E-state index contributed by atoms with van der Waals surface area (Å²) in [4.78, 5) is 26.2. The van der Waals surface area contributed by atoms with Crippen LogP contribution >= 0.6 is 0 Å². The number of ether oxygens (including phenoxy) is 1. The van der Waals surface area contributed by atoms with Gasteiger partial charge in [0.2, 0.25) is 0 Å². The smallest absolute Gasteiger partial charge is 0.252 e. The minimum atomic E-state index is -0.172. The number of ketones is 1. The summed E-state index contributed by atoms with van der Waals surface area (Å²) in [6, 6.07) is 6.94. The number of unbranched alkanes of at least 4 members (excludes halogenated alkanes) is 1. The Morgan fingerprint density at radius 1 is 1.12 bits per heavy atom. The van der Waals surface area contributed by atoms with Gasteiger partial charge in [-0.25, -0.2) is 0 Å². The standard InChI is InChI=1S/C19H28N2O3/c1-14-12-21(13-15(2)24-14)11-7-6-10-20-19(23)18-9-5-4-8-17(18)16(3)22/h4-5,8-9,14-15H,6-7,10-13H2,1-3H3,(H,20,23)/t14-,15-/m0/s1. The van der Waals surface area contributed by atoms with Gasteiger partial charge in [0.25, 0.3) is 5.91 Å². The average molecular weight is 332 g/mol. The summed E-state index contributed by atoms with van der Waals surface area (Å²) in [6.07, 6.45) is 2.54. The van der Waals surface area contributed by atoms with Gasteiger partial charge in [-0.1, -0.05) is 18.2 Å². The number of nitrogens with zero attached hydrogens (tertiary/aromatic N) is 1. The molecule has 1 saturated heterocycles. The summed E-state index contributed by atoms with van der Waals surface area (Å²) in [7, 11) is 0. The van der Waals surface area contributed by atoms with Crippen LogP contribution in [-0.2, 0) is 4.74 Å². The van der Waals surface area contributed by atoms with E-state index in [-0.39, 0.29) is 23.9 Å². The molecule has 132 valence electrons. The maximum Gasteiger partial charge on any atom is 0.252 e. The number of carbonyl (C=O) groups excluding carboxylic acids is 2. The topological polar surface area (TPSA) is 58.6 Å². The van der Waals surface area contributed by atoms with Crippen LogP contribution in [0.1, 0.15) is 54.3 Å². The van der Waals surface area contributed by atoms with E-state index in [1.807, 2.05) is 0 Å². The van der Waals surface area contributed by atoms with E-state index in [4.69, 9.17) is 4.74 Å². The van der Waals surface area contributed by atoms with Crippen molar-refractivity contribution in [2.24, 2.45) is 0 Å². The Bertz CT molecular complexity index is 563. The third kappa shape index (κ3) is 5.42. The number of morpholine rings is 1. The van der Waals surface area contributed by atoms with Gasteiger partial charge < -0.3 is 10.1 Å². The molecule has 0 aliphatic carbocycles. The molecule has 1 N–H and O–H groups in total. The molecule has 1 aromatic rings. The second-order valence-corrected chi connectivity index (χ2v) is 6.58. The molecule has 0 bridgehead atoms. The SMILES string of the molecule is CC(=O)c1ccccc1C(=O)NCCCCN1C[C@H](C)O[C@@H](C)C1. The van der Waals surface area contributed by atoms with E-state index in [1.54, 1.807) is 24.3 Å². The lowest BCUT2D eigenvalue weighted by molar-refractivity contribution is -0.0681. The summed E-state index contributed by atoms with van der Waals surface area (Å²) in [5.41, 5.74) is 0.937. The molecule has 1 aliphatic heterocycles. The molecule has 1 fully saturated rings. The fourth-order valence-electron chi connectivity index (χ4n) is 3.21. The number of benzene rings is 1. The third-order valence-corrected chi connectivity index (χ3v) is 4.23. The highest BCUT2D eigenvalue weighted by molar-refractivity contribution is 6.07. The van der Waals surface area contributed by atoms with E-state index >= 15 is 0 Å². The Labute approximate surface area is 144 Å². The molecule has 1 heterocycles. The van der Waals surface area contributed by atoms with Crippen molar-refractivity contribution >= 4 is 11.7 Å². The number of Topliss-reactive ketones (excluding diaryl/α,β-unsaturated/α-hetero) is 1. The average Bonchev–Trinajstić information content (AvgIpc) is 2.53. The van der Waals surface area contributed by atoms with Crippen molar-refractivity contribution in [2.75, 3.05) is 26.2 Å². The molecular weight excluding hydrogens is 304 g/mol. The predicted octanol–water partition coefficient (Wildman–Crippen LogP) is 2.51. The number of hydrogen-bond donors (Lipinski definition) is 1. The highest BCUT2D eigenvalue weighted by Gasteiger charge is 2.21. The van der Waals surface area contributed by atoms with Gasteiger partial charge in [0.15, 0.2) is 5.78 Å². The van der Waals surface area contributed by atoms with Gasteiger partial charge in [0.1, 0.15) is 0 Å². The lowest BCUT2D eigenvalue weighted by Gasteiger charge is -2.35. The van der Waals surface area contributed by atoms with Crippen molar-refractivity contribution < 1.29 is 14.3 Å². The zero-order chi connectivity index (χ0) is 17.5. The molecule has 0 saturated carbocycles. The van der Waals surface area contributed by atoms with E-state index in [9.17, 15) is 9.59 Å². The minimum Gasteiger partial charge on any atom is -0.373 e. The highest BCUT2D eigenvalue weighted by atomic mass is 16.5. The van der Waals surface area contributed by atoms with Gasteiger partial charge in [0.05, 0.1) is 17.8 Å². The first-order chi connectivity index (χ1) is 11.5.